The van der Waals surface area contributed by atoms with Gasteiger partial charge in [-0.25, -0.2) is 4.79 Å². The van der Waals surface area contributed by atoms with Crippen molar-refractivity contribution < 1.29 is 9.53 Å². The summed E-state index contributed by atoms with van der Waals surface area (Å²) in [5.74, 6) is 0. The first-order valence-electron chi connectivity index (χ1n) is 6.98. The zero-order chi connectivity index (χ0) is 16.2. The summed E-state index contributed by atoms with van der Waals surface area (Å²) in [5.41, 5.74) is 2.29. The number of carbonyl (C=O) groups excluding carboxylic acids is 1. The van der Waals surface area contributed by atoms with Crippen molar-refractivity contribution in [1.82, 2.24) is 0 Å². The molecule has 0 fully saturated rings. The van der Waals surface area contributed by atoms with Crippen LogP contribution in [0.1, 0.15) is 26.3 Å². The number of ether oxygens (including phenoxy) is 1. The van der Waals surface area contributed by atoms with Crippen LogP contribution in [0.15, 0.2) is 48.5 Å². The van der Waals surface area contributed by atoms with Gasteiger partial charge >= 0.3 is 6.09 Å². The summed E-state index contributed by atoms with van der Waals surface area (Å²) in [4.78, 5) is 11.9. The molecule has 0 aromatic heterocycles. The van der Waals surface area contributed by atoms with Crippen molar-refractivity contribution in [2.45, 2.75) is 26.4 Å². The second kappa shape index (κ2) is 6.31. The van der Waals surface area contributed by atoms with Gasteiger partial charge < -0.3 is 4.74 Å². The maximum atomic E-state index is 11.9. The van der Waals surface area contributed by atoms with Crippen LogP contribution in [-0.2, 0) is 4.74 Å². The second-order valence-electron chi connectivity index (χ2n) is 5.90. The smallest absolute Gasteiger partial charge is 0.412 e. The van der Waals surface area contributed by atoms with Crippen LogP contribution in [-0.4, -0.2) is 11.7 Å². The van der Waals surface area contributed by atoms with E-state index in [1.165, 1.54) is 0 Å². The van der Waals surface area contributed by atoms with Crippen molar-refractivity contribution >= 4 is 11.8 Å². The van der Waals surface area contributed by atoms with Gasteiger partial charge in [0.15, 0.2) is 0 Å². The molecule has 0 aliphatic carbocycles. The van der Waals surface area contributed by atoms with Crippen molar-refractivity contribution in [3.8, 4) is 17.2 Å². The van der Waals surface area contributed by atoms with Crippen molar-refractivity contribution in [2.24, 2.45) is 0 Å². The number of nitrogens with zero attached hydrogens (tertiary/aromatic N) is 1. The number of carbonyl (C=O) groups is 1. The number of nitriles is 1. The van der Waals surface area contributed by atoms with E-state index < -0.39 is 11.7 Å². The van der Waals surface area contributed by atoms with Gasteiger partial charge in [-0.3, -0.25) is 5.32 Å². The molecule has 0 saturated heterocycles. The summed E-state index contributed by atoms with van der Waals surface area (Å²) in [6, 6.07) is 17.0. The number of nitrogens with one attached hydrogen (secondary N) is 1. The minimum atomic E-state index is -0.570. The average molecular weight is 294 g/mol. The SMILES string of the molecule is CC(C)(C)OC(=O)Nc1cc(C#N)cc(-c2ccccc2)c1. The van der Waals surface area contributed by atoms with E-state index in [4.69, 9.17) is 10.00 Å². The Morgan fingerprint density at radius 2 is 1.77 bits per heavy atom. The molecule has 4 heteroatoms. The number of amides is 1. The lowest BCUT2D eigenvalue weighted by atomic mass is 10.0. The Morgan fingerprint density at radius 3 is 2.36 bits per heavy atom. The van der Waals surface area contributed by atoms with E-state index in [1.807, 2.05) is 36.4 Å². The molecule has 112 valence electrons. The third-order valence-corrected chi connectivity index (χ3v) is 2.81. The summed E-state index contributed by atoms with van der Waals surface area (Å²) in [7, 11) is 0. The Morgan fingerprint density at radius 1 is 1.09 bits per heavy atom. The van der Waals surface area contributed by atoms with Crippen LogP contribution in [0.4, 0.5) is 10.5 Å². The van der Waals surface area contributed by atoms with Gasteiger partial charge in [0.05, 0.1) is 11.6 Å². The average Bonchev–Trinajstić information content (AvgIpc) is 2.45. The van der Waals surface area contributed by atoms with Crippen molar-refractivity contribution in [3.63, 3.8) is 0 Å². The fourth-order valence-electron chi connectivity index (χ4n) is 1.98. The standard InChI is InChI=1S/C18H18N2O2/c1-18(2,3)22-17(21)20-16-10-13(12-19)9-15(11-16)14-7-5-4-6-8-14/h4-11H,1-3H3,(H,20,21). The van der Waals surface area contributed by atoms with Gasteiger partial charge in [-0.1, -0.05) is 30.3 Å². The third kappa shape index (κ3) is 4.35. The Hall–Kier alpha value is -2.80. The molecule has 0 radical (unpaired) electrons. The Bertz CT molecular complexity index is 710. The molecule has 22 heavy (non-hydrogen) atoms. The Kier molecular flexibility index (Phi) is 4.47. The molecule has 0 atom stereocenters. The maximum Gasteiger partial charge on any atom is 0.412 e. The monoisotopic (exact) mass is 294 g/mol. The first-order chi connectivity index (χ1) is 10.4. The fourth-order valence-corrected chi connectivity index (χ4v) is 1.98. The predicted molar refractivity (Wildman–Crippen MR) is 86.4 cm³/mol. The van der Waals surface area contributed by atoms with Crippen LogP contribution in [0.2, 0.25) is 0 Å². The highest BCUT2D eigenvalue weighted by Crippen LogP contribution is 2.25. The molecule has 2 rings (SSSR count). The minimum absolute atomic E-state index is 0.479. The van der Waals surface area contributed by atoms with E-state index in [0.717, 1.165) is 11.1 Å². The molecule has 4 nitrogen and oxygen atoms in total. The largest absolute Gasteiger partial charge is 0.444 e. The summed E-state index contributed by atoms with van der Waals surface area (Å²) < 4.78 is 5.23. The van der Waals surface area contributed by atoms with E-state index in [1.54, 1.807) is 32.9 Å². The highest BCUT2D eigenvalue weighted by Gasteiger charge is 2.16. The van der Waals surface area contributed by atoms with Crippen molar-refractivity contribution in [1.29, 1.82) is 5.26 Å². The summed E-state index contributed by atoms with van der Waals surface area (Å²) >= 11 is 0. The van der Waals surface area contributed by atoms with Gasteiger partial charge in [-0.2, -0.15) is 5.26 Å². The molecule has 0 heterocycles. The van der Waals surface area contributed by atoms with E-state index >= 15 is 0 Å². The van der Waals surface area contributed by atoms with E-state index in [-0.39, 0.29) is 0 Å². The molecular weight excluding hydrogens is 276 g/mol. The molecule has 2 aromatic carbocycles. The van der Waals surface area contributed by atoms with Crippen molar-refractivity contribution in [3.05, 3.63) is 54.1 Å². The van der Waals surface area contributed by atoms with Gasteiger partial charge in [-0.15, -0.1) is 0 Å². The number of hydrogen-bond donors (Lipinski definition) is 1. The quantitative estimate of drug-likeness (QED) is 0.882. The van der Waals surface area contributed by atoms with Crippen LogP contribution >= 0.6 is 0 Å². The van der Waals surface area contributed by atoms with E-state index in [9.17, 15) is 4.79 Å². The van der Waals surface area contributed by atoms with Crippen LogP contribution in [0.5, 0.6) is 0 Å². The van der Waals surface area contributed by atoms with Crippen molar-refractivity contribution in [2.75, 3.05) is 5.32 Å². The highest BCUT2D eigenvalue weighted by atomic mass is 16.6. The van der Waals surface area contributed by atoms with Crippen LogP contribution in [0.25, 0.3) is 11.1 Å². The van der Waals surface area contributed by atoms with Gasteiger partial charge in [0.2, 0.25) is 0 Å². The molecule has 2 aromatic rings. The third-order valence-electron chi connectivity index (χ3n) is 2.81. The molecule has 0 unspecified atom stereocenters. The topological polar surface area (TPSA) is 62.1 Å². The lowest BCUT2D eigenvalue weighted by Gasteiger charge is -2.20. The van der Waals surface area contributed by atoms with Crippen LogP contribution in [0.3, 0.4) is 0 Å². The van der Waals surface area contributed by atoms with E-state index in [2.05, 4.69) is 11.4 Å². The first kappa shape index (κ1) is 15.6. The van der Waals surface area contributed by atoms with Gasteiger partial charge in [0.25, 0.3) is 0 Å². The molecule has 0 spiro atoms. The predicted octanol–water partition coefficient (Wildman–Crippen LogP) is 4.57. The Balaban J connectivity index is 2.29. The minimum Gasteiger partial charge on any atom is -0.444 e. The van der Waals surface area contributed by atoms with Gasteiger partial charge in [0.1, 0.15) is 5.60 Å². The lowest BCUT2D eigenvalue weighted by Crippen LogP contribution is -2.27. The number of rotatable bonds is 2. The zero-order valence-electron chi connectivity index (χ0n) is 12.9. The first-order valence-corrected chi connectivity index (χ1v) is 6.98. The highest BCUT2D eigenvalue weighted by molar-refractivity contribution is 5.86. The molecule has 0 saturated carbocycles. The lowest BCUT2D eigenvalue weighted by molar-refractivity contribution is 0.0636. The molecular formula is C18H18N2O2. The number of anilines is 1. The van der Waals surface area contributed by atoms with Crippen LogP contribution < -0.4 is 5.32 Å². The Labute approximate surface area is 130 Å². The fraction of sp³-hybridized carbons (Fsp3) is 0.222. The maximum absolute atomic E-state index is 11.9. The number of benzene rings is 2. The second-order valence-corrected chi connectivity index (χ2v) is 5.90. The molecule has 0 bridgehead atoms. The van der Waals surface area contributed by atoms with Gasteiger partial charge in [-0.05, 0) is 50.1 Å². The molecule has 0 aliphatic rings. The normalized spacial score (nSPS) is 10.6. The van der Waals surface area contributed by atoms with Gasteiger partial charge in [0, 0.05) is 5.69 Å². The molecule has 1 N–H and O–H groups in total. The van der Waals surface area contributed by atoms with E-state index in [0.29, 0.717) is 11.3 Å². The molecule has 1 amide bonds. The number of hydrogen-bond acceptors (Lipinski definition) is 3. The summed E-state index contributed by atoms with van der Waals surface area (Å²) in [5, 5.41) is 11.8. The summed E-state index contributed by atoms with van der Waals surface area (Å²) in [6.45, 7) is 5.40. The zero-order valence-corrected chi connectivity index (χ0v) is 12.9. The molecule has 0 aliphatic heterocycles. The van der Waals surface area contributed by atoms with Crippen LogP contribution in [0, 0.1) is 11.3 Å². The summed E-state index contributed by atoms with van der Waals surface area (Å²) in [6.07, 6.45) is -0.540.